The molecule has 3 aromatic carbocycles. The first-order valence-corrected chi connectivity index (χ1v) is 12.3. The lowest BCUT2D eigenvalue weighted by atomic mass is 10.0. The van der Waals surface area contributed by atoms with Crippen molar-refractivity contribution < 1.29 is 13.9 Å². The number of ether oxygens (including phenoxy) is 2. The highest BCUT2D eigenvalue weighted by Gasteiger charge is 2.18. The highest BCUT2D eigenvalue weighted by molar-refractivity contribution is 5.99. The molecule has 1 aromatic heterocycles. The van der Waals surface area contributed by atoms with Crippen molar-refractivity contribution in [3.63, 3.8) is 0 Å². The zero-order chi connectivity index (χ0) is 25.8. The first kappa shape index (κ1) is 24.7. The number of para-hydroxylation sites is 3. The Morgan fingerprint density at radius 1 is 1.03 bits per heavy atom. The summed E-state index contributed by atoms with van der Waals surface area (Å²) in [5, 5.41) is 3.99. The topological polar surface area (TPSA) is 88.8 Å². The van der Waals surface area contributed by atoms with Crippen molar-refractivity contribution in [3.05, 3.63) is 66.5 Å². The number of nitrogens with two attached hydrogens (primary N) is 1. The van der Waals surface area contributed by atoms with Crippen molar-refractivity contribution in [1.29, 1.82) is 0 Å². The van der Waals surface area contributed by atoms with E-state index in [1.54, 1.807) is 12.1 Å². The molecule has 1 fully saturated rings. The van der Waals surface area contributed by atoms with Crippen molar-refractivity contribution in [2.45, 2.75) is 0 Å². The molecule has 3 N–H and O–H groups in total. The number of morpholine rings is 1. The third-order valence-corrected chi connectivity index (χ3v) is 6.29. The Balaban J connectivity index is 1.51. The Morgan fingerprint density at radius 2 is 1.84 bits per heavy atom. The molecule has 4 aromatic rings. The Labute approximate surface area is 215 Å². The first-order valence-electron chi connectivity index (χ1n) is 12.3. The molecule has 0 unspecified atom stereocenters. The molecular weight excluding hydrogens is 471 g/mol. The summed E-state index contributed by atoms with van der Waals surface area (Å²) in [6.45, 7) is 4.22. The summed E-state index contributed by atoms with van der Waals surface area (Å²) in [6, 6.07) is 18.3. The molecule has 0 aliphatic carbocycles. The molecule has 0 spiro atoms. The molecule has 1 saturated heterocycles. The van der Waals surface area contributed by atoms with Crippen LogP contribution in [0.1, 0.15) is 0 Å². The molecule has 0 bridgehead atoms. The molecule has 9 heteroatoms. The van der Waals surface area contributed by atoms with Gasteiger partial charge in [-0.15, -0.1) is 0 Å². The fraction of sp³-hybridized carbons (Fsp3) is 0.286. The number of halogens is 1. The molecule has 37 heavy (non-hydrogen) atoms. The molecule has 192 valence electrons. The van der Waals surface area contributed by atoms with Crippen LogP contribution in [-0.2, 0) is 4.74 Å². The van der Waals surface area contributed by atoms with Crippen molar-refractivity contribution in [2.24, 2.45) is 0 Å². The third kappa shape index (κ3) is 5.58. The van der Waals surface area contributed by atoms with Crippen LogP contribution in [0, 0.1) is 5.82 Å². The van der Waals surface area contributed by atoms with E-state index >= 15 is 4.39 Å². The SMILES string of the molecule is CN(C)CCOc1ccc(F)c(-c2cccc3c(N)nc(Nc4ccccc4N4CCOCC4)nc23)c1. The Kier molecular flexibility index (Phi) is 7.34. The van der Waals surface area contributed by atoms with Gasteiger partial charge in [0.1, 0.15) is 24.0 Å². The molecule has 1 aliphatic rings. The van der Waals surface area contributed by atoms with Crippen molar-refractivity contribution in [3.8, 4) is 16.9 Å². The van der Waals surface area contributed by atoms with E-state index in [0.29, 0.717) is 59.4 Å². The minimum atomic E-state index is -0.364. The zero-order valence-corrected chi connectivity index (χ0v) is 21.1. The van der Waals surface area contributed by atoms with Crippen molar-refractivity contribution >= 4 is 34.0 Å². The lowest BCUT2D eigenvalue weighted by Crippen LogP contribution is -2.36. The second kappa shape index (κ2) is 11.0. The Bertz CT molecular complexity index is 1390. The smallest absolute Gasteiger partial charge is 0.229 e. The van der Waals surface area contributed by atoms with Gasteiger partial charge in [0.05, 0.1) is 30.1 Å². The van der Waals surface area contributed by atoms with E-state index in [1.165, 1.54) is 6.07 Å². The predicted molar refractivity (Wildman–Crippen MR) is 146 cm³/mol. The standard InChI is InChI=1S/C28H31FN6O2/c1-34(2)12-17-37-19-10-11-23(29)22(18-19)20-6-5-7-21-26(20)32-28(33-27(21)30)31-24-8-3-4-9-25(24)35-13-15-36-16-14-35/h3-11,18H,12-17H2,1-2H3,(H3,30,31,32,33). The number of rotatable bonds is 8. The lowest BCUT2D eigenvalue weighted by Gasteiger charge is -2.30. The van der Waals surface area contributed by atoms with Crippen LogP contribution in [0.3, 0.4) is 0 Å². The van der Waals surface area contributed by atoms with E-state index in [4.69, 9.17) is 20.2 Å². The van der Waals surface area contributed by atoms with E-state index in [9.17, 15) is 0 Å². The lowest BCUT2D eigenvalue weighted by molar-refractivity contribution is 0.123. The van der Waals surface area contributed by atoms with Gasteiger partial charge in [-0.05, 0) is 50.5 Å². The second-order valence-corrected chi connectivity index (χ2v) is 9.17. The van der Waals surface area contributed by atoms with Crippen LogP contribution < -0.4 is 20.7 Å². The number of nitrogens with zero attached hydrogens (tertiary/aromatic N) is 4. The van der Waals surface area contributed by atoms with Gasteiger partial charge in [-0.25, -0.2) is 9.37 Å². The normalized spacial score (nSPS) is 13.8. The summed E-state index contributed by atoms with van der Waals surface area (Å²) < 4.78 is 26.4. The number of likely N-dealkylation sites (N-methyl/N-ethyl adjacent to an activating group) is 1. The van der Waals surface area contributed by atoms with Gasteiger partial charge in [0.15, 0.2) is 0 Å². The fourth-order valence-corrected chi connectivity index (χ4v) is 4.38. The van der Waals surface area contributed by atoms with E-state index < -0.39 is 0 Å². The number of fused-ring (bicyclic) bond motifs is 1. The molecule has 8 nitrogen and oxygen atoms in total. The third-order valence-electron chi connectivity index (χ3n) is 6.29. The molecule has 2 heterocycles. The number of hydrogen-bond acceptors (Lipinski definition) is 8. The average molecular weight is 503 g/mol. The van der Waals surface area contributed by atoms with Gasteiger partial charge in [-0.1, -0.05) is 24.3 Å². The molecule has 0 saturated carbocycles. The number of hydrogen-bond donors (Lipinski definition) is 2. The van der Waals surface area contributed by atoms with Gasteiger partial charge in [0.2, 0.25) is 5.95 Å². The van der Waals surface area contributed by atoms with Crippen LogP contribution in [0.5, 0.6) is 5.75 Å². The largest absolute Gasteiger partial charge is 0.492 e. The number of benzene rings is 3. The Hall–Kier alpha value is -3.95. The number of aromatic nitrogens is 2. The predicted octanol–water partition coefficient (Wildman–Crippen LogP) is 4.54. The summed E-state index contributed by atoms with van der Waals surface area (Å²) in [7, 11) is 3.95. The van der Waals surface area contributed by atoms with Crippen LogP contribution in [0.2, 0.25) is 0 Å². The highest BCUT2D eigenvalue weighted by Crippen LogP contribution is 2.35. The molecule has 0 atom stereocenters. The minimum absolute atomic E-state index is 0.317. The van der Waals surface area contributed by atoms with Gasteiger partial charge in [-0.3, -0.25) is 0 Å². The van der Waals surface area contributed by atoms with Gasteiger partial charge >= 0.3 is 0 Å². The van der Waals surface area contributed by atoms with Crippen LogP contribution in [-0.4, -0.2) is 68.4 Å². The maximum absolute atomic E-state index is 15.1. The maximum Gasteiger partial charge on any atom is 0.229 e. The number of anilines is 4. The van der Waals surface area contributed by atoms with E-state index in [-0.39, 0.29) is 5.82 Å². The monoisotopic (exact) mass is 502 g/mol. The van der Waals surface area contributed by atoms with E-state index in [1.807, 2.05) is 55.4 Å². The van der Waals surface area contributed by atoms with Gasteiger partial charge in [-0.2, -0.15) is 4.98 Å². The van der Waals surface area contributed by atoms with Gasteiger partial charge in [0.25, 0.3) is 0 Å². The second-order valence-electron chi connectivity index (χ2n) is 9.17. The first-order chi connectivity index (χ1) is 18.0. The number of nitrogen functional groups attached to an aromatic ring is 1. The van der Waals surface area contributed by atoms with E-state index in [2.05, 4.69) is 21.3 Å². The van der Waals surface area contributed by atoms with Crippen molar-refractivity contribution in [1.82, 2.24) is 14.9 Å². The van der Waals surface area contributed by atoms with Gasteiger partial charge in [0, 0.05) is 36.1 Å². The van der Waals surface area contributed by atoms with Crippen LogP contribution in [0.4, 0.5) is 27.5 Å². The zero-order valence-electron chi connectivity index (χ0n) is 21.1. The highest BCUT2D eigenvalue weighted by atomic mass is 19.1. The molecule has 5 rings (SSSR count). The van der Waals surface area contributed by atoms with Crippen LogP contribution in [0.15, 0.2) is 60.7 Å². The summed E-state index contributed by atoms with van der Waals surface area (Å²) in [6.07, 6.45) is 0. The maximum atomic E-state index is 15.1. The Morgan fingerprint density at radius 3 is 2.65 bits per heavy atom. The summed E-state index contributed by atoms with van der Waals surface area (Å²) in [5.41, 5.74) is 9.83. The summed E-state index contributed by atoms with van der Waals surface area (Å²) in [5.74, 6) is 0.890. The average Bonchev–Trinajstić information content (AvgIpc) is 2.90. The summed E-state index contributed by atoms with van der Waals surface area (Å²) >= 11 is 0. The molecule has 0 radical (unpaired) electrons. The fourth-order valence-electron chi connectivity index (χ4n) is 4.38. The van der Waals surface area contributed by atoms with Crippen LogP contribution >= 0.6 is 0 Å². The summed E-state index contributed by atoms with van der Waals surface area (Å²) in [4.78, 5) is 13.6. The quantitative estimate of drug-likeness (QED) is 0.363. The molecule has 0 amide bonds. The molecular formula is C28H31FN6O2. The minimum Gasteiger partial charge on any atom is -0.492 e. The van der Waals surface area contributed by atoms with Crippen molar-refractivity contribution in [2.75, 3.05) is 69.5 Å². The molecule has 1 aliphatic heterocycles. The van der Waals surface area contributed by atoms with Crippen LogP contribution in [0.25, 0.3) is 22.0 Å². The van der Waals surface area contributed by atoms with Gasteiger partial charge < -0.3 is 30.3 Å². The van der Waals surface area contributed by atoms with E-state index in [0.717, 1.165) is 31.0 Å². The number of nitrogens with one attached hydrogen (secondary N) is 1.